The quantitative estimate of drug-likeness (QED) is 0.754. The zero-order valence-electron chi connectivity index (χ0n) is 9.15. The molecule has 2 rings (SSSR count). The van der Waals surface area contributed by atoms with Gasteiger partial charge in [0.15, 0.2) is 0 Å². The third kappa shape index (κ3) is 2.65. The van der Waals surface area contributed by atoms with Crippen LogP contribution >= 0.6 is 0 Å². The maximum absolute atomic E-state index is 5.06. The van der Waals surface area contributed by atoms with Gasteiger partial charge < -0.3 is 9.64 Å². The fourth-order valence-electron chi connectivity index (χ4n) is 1.86. The smallest absolute Gasteiger partial charge is 0.225 e. The molecule has 0 N–H and O–H groups in total. The summed E-state index contributed by atoms with van der Waals surface area (Å²) in [5, 5.41) is 0. The van der Waals surface area contributed by atoms with Crippen LogP contribution in [0.15, 0.2) is 12.3 Å². The predicted molar refractivity (Wildman–Crippen MR) is 58.8 cm³/mol. The summed E-state index contributed by atoms with van der Waals surface area (Å²) in [6.45, 7) is 2.72. The molecule has 4 nitrogen and oxygen atoms in total. The van der Waals surface area contributed by atoms with E-state index in [1.54, 1.807) is 7.11 Å². The fourth-order valence-corrected chi connectivity index (χ4v) is 1.86. The van der Waals surface area contributed by atoms with Gasteiger partial charge in [-0.2, -0.15) is 0 Å². The van der Waals surface area contributed by atoms with Gasteiger partial charge in [0, 0.05) is 26.4 Å². The summed E-state index contributed by atoms with van der Waals surface area (Å²) in [4.78, 5) is 11.0. The molecule has 0 atom stereocenters. The second-order valence-corrected chi connectivity index (χ2v) is 3.83. The highest BCUT2D eigenvalue weighted by Gasteiger charge is 2.13. The van der Waals surface area contributed by atoms with E-state index in [9.17, 15) is 0 Å². The Hall–Kier alpha value is -1.16. The van der Waals surface area contributed by atoms with E-state index in [1.165, 1.54) is 19.3 Å². The van der Waals surface area contributed by atoms with Crippen molar-refractivity contribution in [2.75, 3.05) is 25.1 Å². The van der Waals surface area contributed by atoms with Crippen LogP contribution in [0.5, 0.6) is 0 Å². The molecule has 1 aromatic rings. The molecule has 82 valence electrons. The average Bonchev–Trinajstić information content (AvgIpc) is 2.31. The van der Waals surface area contributed by atoms with Gasteiger partial charge in [0.25, 0.3) is 0 Å². The molecule has 1 fully saturated rings. The maximum Gasteiger partial charge on any atom is 0.225 e. The van der Waals surface area contributed by atoms with Crippen molar-refractivity contribution < 1.29 is 4.74 Å². The van der Waals surface area contributed by atoms with Crippen molar-refractivity contribution in [2.45, 2.75) is 25.9 Å². The summed E-state index contributed by atoms with van der Waals surface area (Å²) >= 11 is 0. The summed E-state index contributed by atoms with van der Waals surface area (Å²) in [7, 11) is 1.68. The average molecular weight is 207 g/mol. The third-order valence-electron chi connectivity index (χ3n) is 2.63. The summed E-state index contributed by atoms with van der Waals surface area (Å²) in [6, 6.07) is 1.90. The van der Waals surface area contributed by atoms with E-state index >= 15 is 0 Å². The number of nitrogens with zero attached hydrogens (tertiary/aromatic N) is 3. The lowest BCUT2D eigenvalue weighted by molar-refractivity contribution is 0.181. The zero-order chi connectivity index (χ0) is 10.5. The lowest BCUT2D eigenvalue weighted by atomic mass is 10.1. The van der Waals surface area contributed by atoms with Crippen molar-refractivity contribution in [3.63, 3.8) is 0 Å². The Balaban J connectivity index is 2.09. The number of anilines is 1. The Labute approximate surface area is 90.3 Å². The molecular formula is C11H17N3O. The van der Waals surface area contributed by atoms with Crippen LogP contribution in [0, 0.1) is 0 Å². The summed E-state index contributed by atoms with van der Waals surface area (Å²) < 4.78 is 5.06. The zero-order valence-corrected chi connectivity index (χ0v) is 9.15. The Morgan fingerprint density at radius 3 is 2.87 bits per heavy atom. The summed E-state index contributed by atoms with van der Waals surface area (Å²) in [6.07, 6.45) is 5.63. The largest absolute Gasteiger partial charge is 0.378 e. The normalized spacial score (nSPS) is 16.7. The molecule has 15 heavy (non-hydrogen) atoms. The van der Waals surface area contributed by atoms with Gasteiger partial charge in [-0.25, -0.2) is 9.97 Å². The minimum atomic E-state index is 0.559. The van der Waals surface area contributed by atoms with Crippen LogP contribution in [-0.4, -0.2) is 30.2 Å². The molecule has 2 heterocycles. The molecule has 0 saturated carbocycles. The summed E-state index contributed by atoms with van der Waals surface area (Å²) in [5.74, 6) is 0.851. The standard InChI is InChI=1S/C11H17N3O/c1-15-9-10-5-6-12-11(13-10)14-7-3-2-4-8-14/h5-6H,2-4,7-9H2,1H3. The van der Waals surface area contributed by atoms with Crippen molar-refractivity contribution >= 4 is 5.95 Å². The van der Waals surface area contributed by atoms with Crippen molar-refractivity contribution in [3.05, 3.63) is 18.0 Å². The number of hydrogen-bond acceptors (Lipinski definition) is 4. The van der Waals surface area contributed by atoms with Gasteiger partial charge in [-0.05, 0) is 25.3 Å². The van der Waals surface area contributed by atoms with E-state index in [1.807, 2.05) is 12.3 Å². The van der Waals surface area contributed by atoms with Gasteiger partial charge in [-0.3, -0.25) is 0 Å². The topological polar surface area (TPSA) is 38.2 Å². The molecule has 4 heteroatoms. The van der Waals surface area contributed by atoms with Gasteiger partial charge in [0.1, 0.15) is 0 Å². The molecule has 1 aliphatic heterocycles. The highest BCUT2D eigenvalue weighted by Crippen LogP contribution is 2.15. The first-order chi connectivity index (χ1) is 7.40. The molecule has 1 saturated heterocycles. The highest BCUT2D eigenvalue weighted by molar-refractivity contribution is 5.30. The van der Waals surface area contributed by atoms with Crippen LogP contribution in [-0.2, 0) is 11.3 Å². The van der Waals surface area contributed by atoms with E-state index in [2.05, 4.69) is 14.9 Å². The SMILES string of the molecule is COCc1ccnc(N2CCCCC2)n1. The minimum Gasteiger partial charge on any atom is -0.378 e. The second kappa shape index (κ2) is 5.07. The van der Waals surface area contributed by atoms with Gasteiger partial charge in [0.05, 0.1) is 12.3 Å². The van der Waals surface area contributed by atoms with Crippen LogP contribution < -0.4 is 4.90 Å². The lowest BCUT2D eigenvalue weighted by Crippen LogP contribution is -2.31. The van der Waals surface area contributed by atoms with Crippen molar-refractivity contribution in [1.29, 1.82) is 0 Å². The Kier molecular flexibility index (Phi) is 3.50. The second-order valence-electron chi connectivity index (χ2n) is 3.83. The number of aromatic nitrogens is 2. The third-order valence-corrected chi connectivity index (χ3v) is 2.63. The van der Waals surface area contributed by atoms with Gasteiger partial charge in [-0.15, -0.1) is 0 Å². The number of rotatable bonds is 3. The van der Waals surface area contributed by atoms with Gasteiger partial charge in [-0.1, -0.05) is 0 Å². The molecule has 0 aromatic carbocycles. The first kappa shape index (κ1) is 10.4. The van der Waals surface area contributed by atoms with Crippen LogP contribution in [0.25, 0.3) is 0 Å². The van der Waals surface area contributed by atoms with E-state index in [-0.39, 0.29) is 0 Å². The van der Waals surface area contributed by atoms with Gasteiger partial charge in [0.2, 0.25) is 5.95 Å². The number of methoxy groups -OCH3 is 1. The fraction of sp³-hybridized carbons (Fsp3) is 0.636. The van der Waals surface area contributed by atoms with Gasteiger partial charge >= 0.3 is 0 Å². The van der Waals surface area contributed by atoms with Crippen molar-refractivity contribution in [1.82, 2.24) is 9.97 Å². The number of hydrogen-bond donors (Lipinski definition) is 0. The van der Waals surface area contributed by atoms with Crippen LogP contribution in [0.1, 0.15) is 25.0 Å². The first-order valence-electron chi connectivity index (χ1n) is 5.46. The van der Waals surface area contributed by atoms with E-state index in [0.717, 1.165) is 24.7 Å². The molecule has 1 aliphatic rings. The number of ether oxygens (including phenoxy) is 1. The van der Waals surface area contributed by atoms with E-state index in [0.29, 0.717) is 6.61 Å². The molecular weight excluding hydrogens is 190 g/mol. The summed E-state index contributed by atoms with van der Waals surface area (Å²) in [5.41, 5.74) is 0.952. The van der Waals surface area contributed by atoms with Crippen molar-refractivity contribution in [2.24, 2.45) is 0 Å². The van der Waals surface area contributed by atoms with Crippen LogP contribution in [0.4, 0.5) is 5.95 Å². The highest BCUT2D eigenvalue weighted by atomic mass is 16.5. The Morgan fingerprint density at radius 2 is 2.13 bits per heavy atom. The van der Waals surface area contributed by atoms with Crippen molar-refractivity contribution in [3.8, 4) is 0 Å². The monoisotopic (exact) mass is 207 g/mol. The Morgan fingerprint density at radius 1 is 1.33 bits per heavy atom. The maximum atomic E-state index is 5.06. The minimum absolute atomic E-state index is 0.559. The Bertz CT molecular complexity index is 310. The molecule has 0 spiro atoms. The molecule has 0 amide bonds. The van der Waals surface area contributed by atoms with Crippen LogP contribution in [0.3, 0.4) is 0 Å². The molecule has 0 aliphatic carbocycles. The molecule has 0 unspecified atom stereocenters. The molecule has 0 bridgehead atoms. The van der Waals surface area contributed by atoms with Crippen LogP contribution in [0.2, 0.25) is 0 Å². The van der Waals surface area contributed by atoms with E-state index < -0.39 is 0 Å². The lowest BCUT2D eigenvalue weighted by Gasteiger charge is -2.26. The predicted octanol–water partition coefficient (Wildman–Crippen LogP) is 1.61. The molecule has 1 aromatic heterocycles. The van der Waals surface area contributed by atoms with E-state index in [4.69, 9.17) is 4.74 Å². The number of piperidine rings is 1. The first-order valence-corrected chi connectivity index (χ1v) is 5.46. The molecule has 0 radical (unpaired) electrons.